The molecule has 1 atom stereocenters. The van der Waals surface area contributed by atoms with Crippen molar-refractivity contribution in [1.29, 1.82) is 0 Å². The predicted octanol–water partition coefficient (Wildman–Crippen LogP) is 6.62. The molecule has 0 saturated carbocycles. The third-order valence-corrected chi connectivity index (χ3v) is 6.95. The maximum Gasteiger partial charge on any atom is 0.335 e. The molecule has 2 heterocycles. The van der Waals surface area contributed by atoms with E-state index < -0.39 is 5.97 Å². The molecule has 5 aromatic rings. The van der Waals surface area contributed by atoms with Crippen LogP contribution in [0.4, 0.5) is 4.39 Å². The highest BCUT2D eigenvalue weighted by atomic mass is 19.1. The molecule has 2 aromatic heterocycles. The van der Waals surface area contributed by atoms with E-state index in [1.54, 1.807) is 37.4 Å². The summed E-state index contributed by atoms with van der Waals surface area (Å²) in [6, 6.07) is 23.7. The molecule has 0 radical (unpaired) electrons. The van der Waals surface area contributed by atoms with Gasteiger partial charge in [0.15, 0.2) is 0 Å². The average molecular weight is 540 g/mol. The van der Waals surface area contributed by atoms with Crippen molar-refractivity contribution in [3.05, 3.63) is 113 Å². The average Bonchev–Trinajstić information content (AvgIpc) is 3.33. The minimum Gasteiger partial charge on any atom is -0.478 e. The van der Waals surface area contributed by atoms with E-state index in [4.69, 9.17) is 14.5 Å². The smallest absolute Gasteiger partial charge is 0.335 e. The Hall–Kier alpha value is -4.56. The van der Waals surface area contributed by atoms with Crippen LogP contribution in [0.5, 0.6) is 5.88 Å². The van der Waals surface area contributed by atoms with Gasteiger partial charge in [0.25, 0.3) is 0 Å². The summed E-state index contributed by atoms with van der Waals surface area (Å²) in [6.07, 6.45) is 0. The van der Waals surface area contributed by atoms with Crippen LogP contribution in [0.3, 0.4) is 0 Å². The summed E-state index contributed by atoms with van der Waals surface area (Å²) in [6.45, 7) is 5.05. The Bertz CT molecular complexity index is 1660. The minimum atomic E-state index is -0.975. The molecule has 8 heteroatoms. The summed E-state index contributed by atoms with van der Waals surface area (Å²) in [5, 5.41) is 9.46. The van der Waals surface area contributed by atoms with Crippen LogP contribution in [0.25, 0.3) is 22.3 Å². The molecule has 0 aliphatic heterocycles. The number of rotatable bonds is 10. The minimum absolute atomic E-state index is 0.0568. The van der Waals surface area contributed by atoms with Gasteiger partial charge in [-0.15, -0.1) is 0 Å². The van der Waals surface area contributed by atoms with Crippen molar-refractivity contribution in [2.24, 2.45) is 0 Å². The number of benzene rings is 3. The van der Waals surface area contributed by atoms with E-state index >= 15 is 0 Å². The quantitative estimate of drug-likeness (QED) is 0.215. The van der Waals surface area contributed by atoms with Gasteiger partial charge in [-0.05, 0) is 48.4 Å². The summed E-state index contributed by atoms with van der Waals surface area (Å²) in [5.41, 5.74) is 5.78. The first-order chi connectivity index (χ1) is 19.3. The fraction of sp³-hybridized carbons (Fsp3) is 0.219. The highest BCUT2D eigenvalue weighted by molar-refractivity contribution is 5.92. The summed E-state index contributed by atoms with van der Waals surface area (Å²) in [4.78, 5) is 21.0. The summed E-state index contributed by atoms with van der Waals surface area (Å²) < 4.78 is 27.3. The fourth-order valence-corrected chi connectivity index (χ4v) is 4.69. The van der Waals surface area contributed by atoms with Crippen LogP contribution in [0.15, 0.2) is 78.9 Å². The highest BCUT2D eigenvalue weighted by Crippen LogP contribution is 2.30. The molecule has 7 nitrogen and oxygen atoms in total. The lowest BCUT2D eigenvalue weighted by Gasteiger charge is -2.16. The number of nitrogens with zero attached hydrogens (tertiary/aromatic N) is 3. The van der Waals surface area contributed by atoms with Crippen molar-refractivity contribution < 1.29 is 23.8 Å². The van der Waals surface area contributed by atoms with Gasteiger partial charge in [0.2, 0.25) is 5.88 Å². The molecule has 0 amide bonds. The van der Waals surface area contributed by atoms with Crippen LogP contribution >= 0.6 is 0 Å². The second-order valence-electron chi connectivity index (χ2n) is 9.71. The molecule has 204 valence electrons. The maximum atomic E-state index is 14.2. The number of ether oxygens (including phenoxy) is 2. The van der Waals surface area contributed by atoms with Crippen molar-refractivity contribution in [2.45, 2.75) is 32.9 Å². The lowest BCUT2D eigenvalue weighted by Crippen LogP contribution is -2.11. The number of carboxylic acids is 1. The van der Waals surface area contributed by atoms with E-state index in [2.05, 4.69) is 11.9 Å². The van der Waals surface area contributed by atoms with Gasteiger partial charge in [-0.2, -0.15) is 0 Å². The topological polar surface area (TPSA) is 86.5 Å². The Morgan fingerprint density at radius 3 is 2.55 bits per heavy atom. The van der Waals surface area contributed by atoms with Gasteiger partial charge < -0.3 is 19.1 Å². The van der Waals surface area contributed by atoms with Gasteiger partial charge in [-0.25, -0.2) is 19.2 Å². The molecule has 0 aliphatic carbocycles. The van der Waals surface area contributed by atoms with Crippen LogP contribution < -0.4 is 4.74 Å². The van der Waals surface area contributed by atoms with E-state index in [1.165, 1.54) is 6.07 Å². The molecule has 40 heavy (non-hydrogen) atoms. The molecular weight excluding hydrogens is 509 g/mol. The number of aromatic nitrogens is 3. The molecule has 5 rings (SSSR count). The second kappa shape index (κ2) is 11.7. The number of fused-ring (bicyclic) bond motifs is 1. The van der Waals surface area contributed by atoms with E-state index in [1.807, 2.05) is 54.0 Å². The number of halogens is 1. The zero-order valence-electron chi connectivity index (χ0n) is 22.6. The van der Waals surface area contributed by atoms with Gasteiger partial charge in [-0.1, -0.05) is 49.4 Å². The number of imidazole rings is 1. The van der Waals surface area contributed by atoms with Crippen molar-refractivity contribution in [1.82, 2.24) is 14.5 Å². The van der Waals surface area contributed by atoms with Gasteiger partial charge in [0.1, 0.15) is 18.2 Å². The molecule has 1 N–H and O–H groups in total. The molecule has 0 bridgehead atoms. The number of aromatic carboxylic acids is 1. The zero-order valence-corrected chi connectivity index (χ0v) is 22.6. The number of methoxy groups -OCH3 is 1. The van der Waals surface area contributed by atoms with Crippen LogP contribution in [0, 0.1) is 12.7 Å². The Labute approximate surface area is 231 Å². The lowest BCUT2D eigenvalue weighted by molar-refractivity contribution is 0.0697. The van der Waals surface area contributed by atoms with Gasteiger partial charge in [-0.3, -0.25) is 0 Å². The standard InChI is InChI=1S/C32H30FN3O4/c1-20-7-8-25(26(33)17-20)19-40-30-6-4-5-27(34-30)23-11-9-22(10-12-23)21(2)31-35-28-14-13-24(32(37)38)18-29(28)36(31)15-16-39-3/h4-14,17-18,21H,15-16,19H2,1-3H3,(H,37,38)/t21-/m0/s1. The van der Waals surface area contributed by atoms with Gasteiger partial charge in [0.05, 0.1) is 28.9 Å². The van der Waals surface area contributed by atoms with Gasteiger partial charge in [0, 0.05) is 36.8 Å². The SMILES string of the molecule is COCCn1c([C@@H](C)c2ccc(-c3cccc(OCc4ccc(C)cc4F)n3)cc2)nc2ccc(C(=O)O)cc21. The second-order valence-corrected chi connectivity index (χ2v) is 9.71. The molecule has 0 fully saturated rings. The molecule has 0 spiro atoms. The van der Waals surface area contributed by atoms with Crippen molar-refractivity contribution in [3.8, 4) is 17.1 Å². The van der Waals surface area contributed by atoms with E-state index in [0.717, 1.165) is 39.2 Å². The first kappa shape index (κ1) is 27.0. The number of hydrogen-bond donors (Lipinski definition) is 1. The fourth-order valence-electron chi connectivity index (χ4n) is 4.69. The van der Waals surface area contributed by atoms with Crippen LogP contribution in [-0.4, -0.2) is 39.3 Å². The number of hydrogen-bond acceptors (Lipinski definition) is 5. The van der Waals surface area contributed by atoms with E-state index in [0.29, 0.717) is 24.6 Å². The zero-order chi connectivity index (χ0) is 28.2. The maximum absolute atomic E-state index is 14.2. The summed E-state index contributed by atoms with van der Waals surface area (Å²) in [7, 11) is 1.64. The number of carboxylic acid groups (broad SMARTS) is 1. The van der Waals surface area contributed by atoms with Crippen LogP contribution in [0.1, 0.15) is 45.7 Å². The Kier molecular flexibility index (Phi) is 7.89. The van der Waals surface area contributed by atoms with Crippen molar-refractivity contribution in [2.75, 3.05) is 13.7 Å². The Balaban J connectivity index is 1.37. The van der Waals surface area contributed by atoms with Crippen molar-refractivity contribution in [3.63, 3.8) is 0 Å². The molecule has 0 aliphatic rings. The largest absolute Gasteiger partial charge is 0.478 e. The summed E-state index contributed by atoms with van der Waals surface area (Å²) >= 11 is 0. The van der Waals surface area contributed by atoms with E-state index in [-0.39, 0.29) is 23.9 Å². The van der Waals surface area contributed by atoms with Crippen LogP contribution in [0.2, 0.25) is 0 Å². The number of aryl methyl sites for hydroxylation is 1. The number of carbonyl (C=O) groups is 1. The highest BCUT2D eigenvalue weighted by Gasteiger charge is 2.20. The first-order valence-electron chi connectivity index (χ1n) is 13.0. The van der Waals surface area contributed by atoms with E-state index in [9.17, 15) is 14.3 Å². The predicted molar refractivity (Wildman–Crippen MR) is 151 cm³/mol. The third-order valence-electron chi connectivity index (χ3n) is 6.95. The molecular formula is C32H30FN3O4. The molecule has 3 aromatic carbocycles. The van der Waals surface area contributed by atoms with Crippen LogP contribution in [-0.2, 0) is 17.9 Å². The first-order valence-corrected chi connectivity index (χ1v) is 13.0. The molecule has 0 saturated heterocycles. The Morgan fingerprint density at radius 1 is 1.02 bits per heavy atom. The molecule has 0 unspecified atom stereocenters. The monoisotopic (exact) mass is 539 g/mol. The summed E-state index contributed by atoms with van der Waals surface area (Å²) in [5.74, 6) is -0.0729. The Morgan fingerprint density at radius 2 is 1.82 bits per heavy atom. The third kappa shape index (κ3) is 5.72. The number of pyridine rings is 1. The van der Waals surface area contributed by atoms with Gasteiger partial charge >= 0.3 is 5.97 Å². The van der Waals surface area contributed by atoms with Crippen molar-refractivity contribution >= 4 is 17.0 Å². The lowest BCUT2D eigenvalue weighted by atomic mass is 9.98. The normalized spacial score (nSPS) is 12.0.